The van der Waals surface area contributed by atoms with Crippen LogP contribution in [-0.2, 0) is 0 Å². The normalized spacial score (nSPS) is 18.2. The van der Waals surface area contributed by atoms with Crippen LogP contribution in [-0.4, -0.2) is 67.3 Å². The zero-order valence-corrected chi connectivity index (χ0v) is 19.7. The summed E-state index contributed by atoms with van der Waals surface area (Å²) in [5, 5.41) is 0.931. The van der Waals surface area contributed by atoms with Crippen molar-refractivity contribution in [3.63, 3.8) is 0 Å². The van der Waals surface area contributed by atoms with Crippen LogP contribution >= 0.6 is 0 Å². The number of methoxy groups -OCH3 is 1. The summed E-state index contributed by atoms with van der Waals surface area (Å²) in [6.45, 7) is 9.77. The van der Waals surface area contributed by atoms with Gasteiger partial charge in [-0.2, -0.15) is 0 Å². The molecular weight excluding hydrogens is 417 g/mol. The van der Waals surface area contributed by atoms with Gasteiger partial charge in [-0.1, -0.05) is 12.1 Å². The number of aryl methyl sites for hydroxylation is 2. The largest absolute Gasteiger partial charge is 0.495 e. The summed E-state index contributed by atoms with van der Waals surface area (Å²) in [6.07, 6.45) is 2.19. The number of piperazine rings is 1. The summed E-state index contributed by atoms with van der Waals surface area (Å²) in [5.74, 6) is 1.46. The number of hydrogen-bond donors (Lipinski definition) is 0. The Bertz CT molecular complexity index is 1140. The van der Waals surface area contributed by atoms with E-state index < -0.39 is 0 Å². The van der Waals surface area contributed by atoms with Crippen LogP contribution in [0.1, 0.15) is 24.1 Å². The first-order chi connectivity index (χ1) is 16.0. The van der Waals surface area contributed by atoms with Crippen molar-refractivity contribution in [2.45, 2.75) is 32.7 Å². The van der Waals surface area contributed by atoms with Gasteiger partial charge in [0.15, 0.2) is 0 Å². The number of fused-ring (bicyclic) bond motifs is 1. The smallest absolute Gasteiger partial charge is 0.226 e. The number of ether oxygens (including phenoxy) is 1. The fraction of sp³-hybridized carbons (Fsp3) is 0.462. The lowest BCUT2D eigenvalue weighted by atomic mass is 10.0. The minimum absolute atomic E-state index is 0.211. The van der Waals surface area contributed by atoms with E-state index >= 15 is 0 Å². The van der Waals surface area contributed by atoms with E-state index in [1.54, 1.807) is 14.0 Å². The van der Waals surface area contributed by atoms with Crippen LogP contribution < -0.4 is 14.5 Å². The average Bonchev–Trinajstić information content (AvgIpc) is 2.85. The third kappa shape index (κ3) is 4.34. The highest BCUT2D eigenvalue weighted by molar-refractivity contribution is 5.82. The molecule has 1 aromatic heterocycles. The molecule has 2 aliphatic rings. The van der Waals surface area contributed by atoms with Gasteiger partial charge in [-0.3, -0.25) is 4.90 Å². The van der Waals surface area contributed by atoms with Crippen LogP contribution in [0, 0.1) is 19.7 Å². The van der Waals surface area contributed by atoms with Gasteiger partial charge in [0, 0.05) is 56.8 Å². The number of rotatable bonds is 4. The van der Waals surface area contributed by atoms with Gasteiger partial charge in [0.2, 0.25) is 5.95 Å². The lowest BCUT2D eigenvalue weighted by Gasteiger charge is -2.43. The molecule has 174 valence electrons. The molecule has 3 heterocycles. The van der Waals surface area contributed by atoms with Crippen molar-refractivity contribution in [2.24, 2.45) is 0 Å². The van der Waals surface area contributed by atoms with Crippen molar-refractivity contribution in [2.75, 3.05) is 56.2 Å². The van der Waals surface area contributed by atoms with Crippen LogP contribution in [0.5, 0.6) is 5.75 Å². The Balaban J connectivity index is 1.21. The van der Waals surface area contributed by atoms with Gasteiger partial charge in [-0.05, 0) is 50.5 Å². The zero-order valence-electron chi connectivity index (χ0n) is 19.7. The SMILES string of the molecule is COc1ccccc1N1CCN(C2CCN(c3nc(C)c4cc(C)c(F)cc4n3)CC2)CC1. The molecule has 0 N–H and O–H groups in total. The molecule has 2 aliphatic heterocycles. The summed E-state index contributed by atoms with van der Waals surface area (Å²) < 4.78 is 19.6. The van der Waals surface area contributed by atoms with Crippen LogP contribution in [0.2, 0.25) is 0 Å². The monoisotopic (exact) mass is 449 g/mol. The van der Waals surface area contributed by atoms with Gasteiger partial charge in [0.1, 0.15) is 11.6 Å². The minimum atomic E-state index is -0.211. The van der Waals surface area contributed by atoms with E-state index in [-0.39, 0.29) is 5.82 Å². The predicted octanol–water partition coefficient (Wildman–Crippen LogP) is 4.19. The molecular formula is C26H32FN5O. The van der Waals surface area contributed by atoms with Crippen LogP contribution in [0.4, 0.5) is 16.0 Å². The second-order valence-corrected chi connectivity index (χ2v) is 9.14. The van der Waals surface area contributed by atoms with Crippen molar-refractivity contribution < 1.29 is 9.13 Å². The molecule has 7 heteroatoms. The van der Waals surface area contributed by atoms with Gasteiger partial charge < -0.3 is 14.5 Å². The summed E-state index contributed by atoms with van der Waals surface area (Å²) in [7, 11) is 1.74. The Morgan fingerprint density at radius 3 is 2.36 bits per heavy atom. The van der Waals surface area contributed by atoms with E-state index in [0.717, 1.165) is 74.9 Å². The number of para-hydroxylation sites is 2. The highest BCUT2D eigenvalue weighted by atomic mass is 19.1. The molecule has 3 aromatic rings. The van der Waals surface area contributed by atoms with Crippen molar-refractivity contribution in [1.82, 2.24) is 14.9 Å². The zero-order chi connectivity index (χ0) is 22.9. The summed E-state index contributed by atoms with van der Waals surface area (Å²) in [5.41, 5.74) is 3.42. The highest BCUT2D eigenvalue weighted by Gasteiger charge is 2.29. The first-order valence-corrected chi connectivity index (χ1v) is 11.8. The number of halogens is 1. The molecule has 2 fully saturated rings. The predicted molar refractivity (Wildman–Crippen MR) is 131 cm³/mol. The molecule has 0 bridgehead atoms. The maximum Gasteiger partial charge on any atom is 0.226 e. The Hall–Kier alpha value is -2.93. The Morgan fingerprint density at radius 1 is 0.909 bits per heavy atom. The standard InChI is InChI=1S/C26H32FN5O/c1-18-16-21-19(2)28-26(29-23(21)17-22(18)27)32-10-8-20(9-11-32)30-12-14-31(15-13-30)24-6-4-5-7-25(24)33-3/h4-7,16-17,20H,8-15H2,1-3H3. The third-order valence-corrected chi connectivity index (χ3v) is 7.16. The Morgan fingerprint density at radius 2 is 1.64 bits per heavy atom. The first kappa shape index (κ1) is 21.9. The van der Waals surface area contributed by atoms with E-state index in [0.29, 0.717) is 17.1 Å². The van der Waals surface area contributed by atoms with Crippen molar-refractivity contribution in [3.05, 3.63) is 53.5 Å². The fourth-order valence-corrected chi connectivity index (χ4v) is 5.19. The highest BCUT2D eigenvalue weighted by Crippen LogP contribution is 2.30. The molecule has 33 heavy (non-hydrogen) atoms. The number of aromatic nitrogens is 2. The van der Waals surface area contributed by atoms with E-state index in [2.05, 4.69) is 26.8 Å². The second-order valence-electron chi connectivity index (χ2n) is 9.14. The molecule has 0 unspecified atom stereocenters. The molecule has 0 atom stereocenters. The van der Waals surface area contributed by atoms with Gasteiger partial charge in [-0.15, -0.1) is 0 Å². The van der Waals surface area contributed by atoms with Gasteiger partial charge >= 0.3 is 0 Å². The molecule has 0 amide bonds. The van der Waals surface area contributed by atoms with E-state index in [4.69, 9.17) is 14.7 Å². The summed E-state index contributed by atoms with van der Waals surface area (Å²) in [4.78, 5) is 16.8. The maximum absolute atomic E-state index is 14.1. The van der Waals surface area contributed by atoms with Crippen molar-refractivity contribution in [1.29, 1.82) is 0 Å². The number of piperidine rings is 1. The quantitative estimate of drug-likeness (QED) is 0.595. The van der Waals surface area contributed by atoms with Gasteiger partial charge in [0.25, 0.3) is 0 Å². The summed E-state index contributed by atoms with van der Waals surface area (Å²) in [6, 6.07) is 12.2. The molecule has 6 nitrogen and oxygen atoms in total. The van der Waals surface area contributed by atoms with Gasteiger partial charge in [0.05, 0.1) is 24.0 Å². The second kappa shape index (κ2) is 9.14. The molecule has 2 saturated heterocycles. The minimum Gasteiger partial charge on any atom is -0.495 e. The van der Waals surface area contributed by atoms with Crippen LogP contribution in [0.25, 0.3) is 10.9 Å². The molecule has 0 aliphatic carbocycles. The summed E-state index contributed by atoms with van der Waals surface area (Å²) >= 11 is 0. The number of anilines is 2. The lowest BCUT2D eigenvalue weighted by molar-refractivity contribution is 0.159. The molecule has 0 radical (unpaired) electrons. The Labute approximate surface area is 195 Å². The molecule has 5 rings (SSSR count). The van der Waals surface area contributed by atoms with Crippen LogP contribution in [0.15, 0.2) is 36.4 Å². The molecule has 0 spiro atoms. The fourth-order valence-electron chi connectivity index (χ4n) is 5.19. The Kier molecular flexibility index (Phi) is 6.06. The maximum atomic E-state index is 14.1. The number of benzene rings is 2. The molecule has 0 saturated carbocycles. The van der Waals surface area contributed by atoms with Crippen LogP contribution in [0.3, 0.4) is 0 Å². The van der Waals surface area contributed by atoms with Crippen molar-refractivity contribution in [3.8, 4) is 5.75 Å². The average molecular weight is 450 g/mol. The van der Waals surface area contributed by atoms with E-state index in [1.165, 1.54) is 11.8 Å². The lowest BCUT2D eigenvalue weighted by Crippen LogP contribution is -2.53. The topological polar surface area (TPSA) is 44.7 Å². The third-order valence-electron chi connectivity index (χ3n) is 7.16. The first-order valence-electron chi connectivity index (χ1n) is 11.8. The molecule has 2 aromatic carbocycles. The van der Waals surface area contributed by atoms with E-state index in [1.807, 2.05) is 25.1 Å². The number of nitrogens with zero attached hydrogens (tertiary/aromatic N) is 5. The van der Waals surface area contributed by atoms with Crippen molar-refractivity contribution >= 4 is 22.5 Å². The van der Waals surface area contributed by atoms with E-state index in [9.17, 15) is 4.39 Å². The number of hydrogen-bond acceptors (Lipinski definition) is 6. The van der Waals surface area contributed by atoms with Gasteiger partial charge in [-0.25, -0.2) is 14.4 Å².